The van der Waals surface area contributed by atoms with Crippen LogP contribution in [0.25, 0.3) is 5.65 Å². The first-order chi connectivity index (χ1) is 14.4. The van der Waals surface area contributed by atoms with Crippen molar-refractivity contribution < 1.29 is 18.0 Å². The zero-order valence-corrected chi connectivity index (χ0v) is 17.9. The predicted molar refractivity (Wildman–Crippen MR) is 108 cm³/mol. The predicted octanol–water partition coefficient (Wildman–Crippen LogP) is 4.44. The molecular weight excluding hydrogens is 409 g/mol. The zero-order valence-electron chi connectivity index (χ0n) is 17.9. The van der Waals surface area contributed by atoms with E-state index in [2.05, 4.69) is 20.3 Å². The van der Waals surface area contributed by atoms with E-state index in [1.165, 1.54) is 6.92 Å². The number of fused-ring (bicyclic) bond motifs is 1. The molecule has 31 heavy (non-hydrogen) atoms. The smallest absolute Gasteiger partial charge is 0.329 e. The van der Waals surface area contributed by atoms with Crippen LogP contribution >= 0.6 is 0 Å². The van der Waals surface area contributed by atoms with Crippen molar-refractivity contribution in [1.29, 1.82) is 0 Å². The first-order valence-electron chi connectivity index (χ1n) is 10.3. The minimum absolute atomic E-state index is 0.120. The normalized spacial score (nSPS) is 18.0. The van der Waals surface area contributed by atoms with Crippen LogP contribution in [0.2, 0.25) is 0 Å². The van der Waals surface area contributed by atoms with Gasteiger partial charge in [-0.2, -0.15) is 23.4 Å². The molecule has 1 atom stereocenters. The summed E-state index contributed by atoms with van der Waals surface area (Å²) in [7, 11) is 0. The fourth-order valence-electron chi connectivity index (χ4n) is 3.93. The zero-order chi connectivity index (χ0) is 22.6. The second-order valence-corrected chi connectivity index (χ2v) is 9.05. The van der Waals surface area contributed by atoms with Gasteiger partial charge < -0.3 is 4.90 Å². The summed E-state index contributed by atoms with van der Waals surface area (Å²) >= 11 is 0. The van der Waals surface area contributed by atoms with Gasteiger partial charge in [-0.1, -0.05) is 20.8 Å². The summed E-state index contributed by atoms with van der Waals surface area (Å²) in [5, 5.41) is 11.3. The Labute approximate surface area is 177 Å². The number of nitrogens with zero attached hydrogens (tertiary/aromatic N) is 5. The molecule has 0 saturated carbocycles. The average Bonchev–Trinajstić information content (AvgIpc) is 3.33. The topological polar surface area (TPSA) is 79.2 Å². The van der Waals surface area contributed by atoms with E-state index in [4.69, 9.17) is 0 Å². The molecule has 1 aliphatic heterocycles. The standard InChI is InChI=1S/C21H25F3N6O/c1-12-9-17(21(22,23)24)30-18(25-12)11-13(28-30)15-7-5-6-8-29(15)19(31)14-10-16(27-26-14)20(2,3)4/h9-11,15H,5-8H2,1-4H3,(H,26,27). The van der Waals surface area contributed by atoms with Crippen molar-refractivity contribution >= 4 is 11.6 Å². The lowest BCUT2D eigenvalue weighted by molar-refractivity contribution is -0.142. The number of carbonyl (C=O) groups is 1. The number of rotatable bonds is 2. The molecule has 3 aromatic heterocycles. The Morgan fingerprint density at radius 1 is 1.16 bits per heavy atom. The number of hydrogen-bond donors (Lipinski definition) is 1. The minimum Gasteiger partial charge on any atom is -0.329 e. The van der Waals surface area contributed by atoms with Crippen molar-refractivity contribution in [1.82, 2.24) is 29.7 Å². The number of piperidine rings is 1. The number of aromatic amines is 1. The van der Waals surface area contributed by atoms with Gasteiger partial charge in [0.1, 0.15) is 11.4 Å². The maximum absolute atomic E-state index is 13.5. The van der Waals surface area contributed by atoms with Crippen LogP contribution in [0.15, 0.2) is 18.2 Å². The van der Waals surface area contributed by atoms with Gasteiger partial charge in [-0.15, -0.1) is 0 Å². The van der Waals surface area contributed by atoms with Gasteiger partial charge in [-0.3, -0.25) is 9.89 Å². The largest absolute Gasteiger partial charge is 0.433 e. The van der Waals surface area contributed by atoms with Crippen LogP contribution in [0.3, 0.4) is 0 Å². The molecule has 3 aromatic rings. The van der Waals surface area contributed by atoms with Crippen molar-refractivity contribution in [3.8, 4) is 0 Å². The Morgan fingerprint density at radius 2 is 1.90 bits per heavy atom. The Kier molecular flexibility index (Phi) is 5.06. The van der Waals surface area contributed by atoms with Crippen molar-refractivity contribution in [3.05, 3.63) is 46.7 Å². The van der Waals surface area contributed by atoms with E-state index in [0.29, 0.717) is 24.4 Å². The molecule has 1 unspecified atom stereocenters. The van der Waals surface area contributed by atoms with E-state index < -0.39 is 17.9 Å². The molecule has 1 saturated heterocycles. The van der Waals surface area contributed by atoms with Gasteiger partial charge >= 0.3 is 6.18 Å². The molecule has 1 aliphatic rings. The van der Waals surface area contributed by atoms with Crippen molar-refractivity contribution in [2.75, 3.05) is 6.54 Å². The second kappa shape index (κ2) is 7.35. The average molecular weight is 434 g/mol. The van der Waals surface area contributed by atoms with E-state index in [9.17, 15) is 18.0 Å². The molecule has 4 heterocycles. The summed E-state index contributed by atoms with van der Waals surface area (Å²) < 4.78 is 41.4. The first-order valence-corrected chi connectivity index (χ1v) is 10.3. The molecule has 0 radical (unpaired) electrons. The number of amides is 1. The number of carbonyl (C=O) groups excluding carboxylic acids is 1. The lowest BCUT2D eigenvalue weighted by atomic mass is 9.92. The number of H-pyrrole nitrogens is 1. The fourth-order valence-corrected chi connectivity index (χ4v) is 3.93. The second-order valence-electron chi connectivity index (χ2n) is 9.05. The third-order valence-electron chi connectivity index (χ3n) is 5.57. The summed E-state index contributed by atoms with van der Waals surface area (Å²) in [6.07, 6.45) is -2.27. The molecule has 4 rings (SSSR count). The summed E-state index contributed by atoms with van der Waals surface area (Å²) in [6, 6.07) is 3.83. The number of hydrogen-bond acceptors (Lipinski definition) is 4. The van der Waals surface area contributed by atoms with Gasteiger partial charge in [-0.05, 0) is 38.3 Å². The quantitative estimate of drug-likeness (QED) is 0.647. The highest BCUT2D eigenvalue weighted by Gasteiger charge is 2.37. The monoisotopic (exact) mass is 434 g/mol. The van der Waals surface area contributed by atoms with Gasteiger partial charge in [0.05, 0.1) is 11.7 Å². The van der Waals surface area contributed by atoms with Crippen LogP contribution < -0.4 is 0 Å². The molecule has 0 aromatic carbocycles. The number of nitrogens with one attached hydrogen (secondary N) is 1. The van der Waals surface area contributed by atoms with E-state index in [-0.39, 0.29) is 22.7 Å². The molecule has 1 amide bonds. The van der Waals surface area contributed by atoms with Crippen LogP contribution in [0.5, 0.6) is 0 Å². The van der Waals surface area contributed by atoms with E-state index in [1.807, 2.05) is 20.8 Å². The summed E-state index contributed by atoms with van der Waals surface area (Å²) in [4.78, 5) is 19.1. The molecule has 0 bridgehead atoms. The Morgan fingerprint density at radius 3 is 2.55 bits per heavy atom. The fraction of sp³-hybridized carbons (Fsp3) is 0.524. The Bertz CT molecular complexity index is 1120. The highest BCUT2D eigenvalue weighted by Crippen LogP contribution is 2.34. The number of aromatic nitrogens is 5. The van der Waals surface area contributed by atoms with Gasteiger partial charge in [0.2, 0.25) is 0 Å². The van der Waals surface area contributed by atoms with Gasteiger partial charge in [0, 0.05) is 29.4 Å². The van der Waals surface area contributed by atoms with Gasteiger partial charge in [0.15, 0.2) is 5.65 Å². The Balaban J connectivity index is 1.71. The van der Waals surface area contributed by atoms with Crippen molar-refractivity contribution in [2.45, 2.75) is 64.6 Å². The van der Waals surface area contributed by atoms with Crippen LogP contribution in [-0.4, -0.2) is 42.1 Å². The maximum atomic E-state index is 13.5. The van der Waals surface area contributed by atoms with E-state index in [1.54, 1.807) is 17.0 Å². The van der Waals surface area contributed by atoms with Crippen LogP contribution in [0.1, 0.15) is 79.3 Å². The molecule has 0 spiro atoms. The summed E-state index contributed by atoms with van der Waals surface area (Å²) in [5.74, 6) is -0.256. The molecular formula is C21H25F3N6O. The SMILES string of the molecule is Cc1cc(C(F)(F)F)n2nc(C3CCCCN3C(=O)c3cc(C(C)(C)C)[nH]n3)cc2n1. The van der Waals surface area contributed by atoms with Crippen LogP contribution in [0, 0.1) is 6.92 Å². The lowest BCUT2D eigenvalue weighted by Crippen LogP contribution is -2.39. The van der Waals surface area contributed by atoms with Crippen LogP contribution in [-0.2, 0) is 11.6 Å². The lowest BCUT2D eigenvalue weighted by Gasteiger charge is -2.34. The minimum atomic E-state index is -4.56. The molecule has 0 aliphatic carbocycles. The number of halogens is 3. The number of alkyl halides is 3. The molecule has 7 nitrogen and oxygen atoms in total. The van der Waals surface area contributed by atoms with Gasteiger partial charge in [0.25, 0.3) is 5.91 Å². The molecule has 1 fully saturated rings. The van der Waals surface area contributed by atoms with Crippen molar-refractivity contribution in [3.63, 3.8) is 0 Å². The third-order valence-corrected chi connectivity index (χ3v) is 5.57. The highest BCUT2D eigenvalue weighted by atomic mass is 19.4. The third kappa shape index (κ3) is 4.03. The van der Waals surface area contributed by atoms with Gasteiger partial charge in [-0.25, -0.2) is 9.50 Å². The number of likely N-dealkylation sites (tertiary alicyclic amines) is 1. The Hall–Kier alpha value is -2.91. The molecule has 1 N–H and O–H groups in total. The van der Waals surface area contributed by atoms with Crippen LogP contribution in [0.4, 0.5) is 13.2 Å². The first kappa shape index (κ1) is 21.3. The number of aryl methyl sites for hydroxylation is 1. The summed E-state index contributed by atoms with van der Waals surface area (Å²) in [5.41, 5.74) is 0.855. The molecule has 10 heteroatoms. The summed E-state index contributed by atoms with van der Waals surface area (Å²) in [6.45, 7) is 8.06. The van der Waals surface area contributed by atoms with Crippen molar-refractivity contribution in [2.24, 2.45) is 0 Å². The molecule has 166 valence electrons. The van der Waals surface area contributed by atoms with E-state index >= 15 is 0 Å². The van der Waals surface area contributed by atoms with E-state index in [0.717, 1.165) is 29.1 Å². The maximum Gasteiger partial charge on any atom is 0.433 e. The highest BCUT2D eigenvalue weighted by molar-refractivity contribution is 5.92.